The number of benzene rings is 1. The Morgan fingerprint density at radius 3 is 2.59 bits per heavy atom. The number of nitrogen functional groups attached to an aromatic ring is 1. The van der Waals surface area contributed by atoms with Gasteiger partial charge >= 0.3 is 6.18 Å². The van der Waals surface area contributed by atoms with Gasteiger partial charge < -0.3 is 15.7 Å². The molecule has 1 aromatic carbocycles. The molecular weight excluding hydrogens is 233 g/mol. The normalized spacial score (nSPS) is 20.9. The molecule has 1 fully saturated rings. The molecule has 1 aliphatic rings. The summed E-state index contributed by atoms with van der Waals surface area (Å²) in [6, 6.07) is 3.73. The summed E-state index contributed by atoms with van der Waals surface area (Å²) in [5.41, 5.74) is 4.81. The number of aliphatic hydroxyl groups excluding tert-OH is 1. The molecule has 3 nitrogen and oxygen atoms in total. The number of β-amino-alcohol motifs (C(OH)–C–C–N with tert-alkyl or cyclic N) is 1. The molecule has 0 amide bonds. The largest absolute Gasteiger partial charge is 0.418 e. The van der Waals surface area contributed by atoms with E-state index in [-0.39, 0.29) is 17.9 Å². The van der Waals surface area contributed by atoms with Gasteiger partial charge in [0.2, 0.25) is 0 Å². The third kappa shape index (κ3) is 2.46. The van der Waals surface area contributed by atoms with Crippen LogP contribution in [0.2, 0.25) is 0 Å². The minimum absolute atomic E-state index is 0.0841. The Bertz CT molecular complexity index is 420. The number of hydrogen-bond donors (Lipinski definition) is 2. The molecule has 17 heavy (non-hydrogen) atoms. The molecule has 6 heteroatoms. The molecule has 1 heterocycles. The third-order valence-corrected chi connectivity index (χ3v) is 2.83. The van der Waals surface area contributed by atoms with Crippen LogP contribution in [0.1, 0.15) is 12.0 Å². The van der Waals surface area contributed by atoms with Crippen LogP contribution in [0.15, 0.2) is 18.2 Å². The molecule has 0 unspecified atom stereocenters. The average Bonchev–Trinajstić information content (AvgIpc) is 2.63. The van der Waals surface area contributed by atoms with Crippen LogP contribution in [0.5, 0.6) is 0 Å². The number of rotatable bonds is 1. The van der Waals surface area contributed by atoms with Crippen molar-refractivity contribution in [1.29, 1.82) is 0 Å². The number of alkyl halides is 3. The topological polar surface area (TPSA) is 49.5 Å². The summed E-state index contributed by atoms with van der Waals surface area (Å²) in [6.45, 7) is 0.654. The Balaban J connectivity index is 2.39. The van der Waals surface area contributed by atoms with E-state index in [0.29, 0.717) is 13.0 Å². The highest BCUT2D eigenvalue weighted by Crippen LogP contribution is 2.38. The number of halogens is 3. The first-order valence-corrected chi connectivity index (χ1v) is 5.27. The zero-order valence-corrected chi connectivity index (χ0v) is 9.04. The van der Waals surface area contributed by atoms with Crippen LogP contribution in [0.3, 0.4) is 0 Å². The molecule has 0 aliphatic carbocycles. The van der Waals surface area contributed by atoms with Gasteiger partial charge in [-0.25, -0.2) is 0 Å². The summed E-state index contributed by atoms with van der Waals surface area (Å²) in [7, 11) is 0. The van der Waals surface area contributed by atoms with E-state index in [1.54, 1.807) is 0 Å². The van der Waals surface area contributed by atoms with Crippen molar-refractivity contribution in [2.45, 2.75) is 18.7 Å². The van der Waals surface area contributed by atoms with Gasteiger partial charge in [-0.1, -0.05) is 0 Å². The lowest BCUT2D eigenvalue weighted by molar-refractivity contribution is -0.137. The third-order valence-electron chi connectivity index (χ3n) is 2.83. The lowest BCUT2D eigenvalue weighted by Crippen LogP contribution is -2.24. The summed E-state index contributed by atoms with van der Waals surface area (Å²) in [5, 5.41) is 9.36. The molecule has 0 aromatic heterocycles. The Morgan fingerprint density at radius 1 is 1.35 bits per heavy atom. The summed E-state index contributed by atoms with van der Waals surface area (Å²) in [6.07, 6.45) is -4.51. The fourth-order valence-corrected chi connectivity index (χ4v) is 2.02. The second-order valence-electron chi connectivity index (χ2n) is 4.16. The van der Waals surface area contributed by atoms with Gasteiger partial charge in [-0.15, -0.1) is 0 Å². The van der Waals surface area contributed by atoms with Crippen molar-refractivity contribution >= 4 is 11.4 Å². The molecule has 1 aromatic rings. The maximum absolute atomic E-state index is 12.8. The Labute approximate surface area is 96.6 Å². The number of aliphatic hydroxyl groups is 1. The van der Waals surface area contributed by atoms with Crippen LogP contribution < -0.4 is 10.6 Å². The Kier molecular flexibility index (Phi) is 2.91. The fraction of sp³-hybridized carbons (Fsp3) is 0.455. The van der Waals surface area contributed by atoms with Crippen LogP contribution in [-0.4, -0.2) is 24.3 Å². The predicted molar refractivity (Wildman–Crippen MR) is 58.7 cm³/mol. The van der Waals surface area contributed by atoms with Gasteiger partial charge in [-0.2, -0.15) is 13.2 Å². The highest BCUT2D eigenvalue weighted by molar-refractivity contribution is 5.61. The van der Waals surface area contributed by atoms with Gasteiger partial charge in [-0.3, -0.25) is 0 Å². The number of anilines is 2. The zero-order chi connectivity index (χ0) is 12.6. The molecular formula is C11H13F3N2O. The minimum atomic E-state index is -4.43. The monoisotopic (exact) mass is 246 g/mol. The Morgan fingerprint density at radius 2 is 2.06 bits per heavy atom. The number of nitrogens with zero attached hydrogens (tertiary/aromatic N) is 1. The lowest BCUT2D eigenvalue weighted by Gasteiger charge is -2.23. The molecule has 0 spiro atoms. The van der Waals surface area contributed by atoms with E-state index >= 15 is 0 Å². The van der Waals surface area contributed by atoms with Crippen LogP contribution in [0.4, 0.5) is 24.5 Å². The van der Waals surface area contributed by atoms with E-state index in [9.17, 15) is 18.3 Å². The molecule has 1 atom stereocenters. The number of hydrogen-bond acceptors (Lipinski definition) is 3. The van der Waals surface area contributed by atoms with E-state index in [2.05, 4.69) is 0 Å². The van der Waals surface area contributed by atoms with Crippen molar-refractivity contribution < 1.29 is 18.3 Å². The van der Waals surface area contributed by atoms with Crippen LogP contribution >= 0.6 is 0 Å². The van der Waals surface area contributed by atoms with Crippen LogP contribution in [0.25, 0.3) is 0 Å². The smallest absolute Gasteiger partial charge is 0.399 e. The highest BCUT2D eigenvalue weighted by atomic mass is 19.4. The van der Waals surface area contributed by atoms with E-state index in [1.807, 2.05) is 0 Å². The summed E-state index contributed by atoms with van der Waals surface area (Å²) in [5.74, 6) is 0. The minimum Gasteiger partial charge on any atom is -0.399 e. The van der Waals surface area contributed by atoms with Gasteiger partial charge in [0.25, 0.3) is 0 Å². The number of nitrogens with two attached hydrogens (primary N) is 1. The highest BCUT2D eigenvalue weighted by Gasteiger charge is 2.36. The van der Waals surface area contributed by atoms with Crippen LogP contribution in [-0.2, 0) is 6.18 Å². The molecule has 0 radical (unpaired) electrons. The SMILES string of the molecule is Nc1ccc(N2CC[C@@H](O)C2)c(C(F)(F)F)c1. The molecule has 1 saturated heterocycles. The van der Waals surface area contributed by atoms with E-state index in [4.69, 9.17) is 5.73 Å². The van der Waals surface area contributed by atoms with Gasteiger partial charge in [-0.05, 0) is 24.6 Å². The van der Waals surface area contributed by atoms with E-state index in [0.717, 1.165) is 6.07 Å². The molecule has 3 N–H and O–H groups in total. The predicted octanol–water partition coefficient (Wildman–Crippen LogP) is 1.86. The van der Waals surface area contributed by atoms with Crippen molar-refractivity contribution in [3.63, 3.8) is 0 Å². The standard InChI is InChI=1S/C11H13F3N2O/c12-11(13,14)9-5-7(15)1-2-10(9)16-4-3-8(17)6-16/h1-2,5,8,17H,3-4,6,15H2/t8-/m1/s1. The summed E-state index contributed by atoms with van der Waals surface area (Å²) < 4.78 is 38.5. The first-order valence-electron chi connectivity index (χ1n) is 5.27. The summed E-state index contributed by atoms with van der Waals surface area (Å²) in [4.78, 5) is 1.53. The van der Waals surface area contributed by atoms with Gasteiger partial charge in [0, 0.05) is 24.5 Å². The maximum Gasteiger partial charge on any atom is 0.418 e. The van der Waals surface area contributed by atoms with E-state index in [1.165, 1.54) is 17.0 Å². The molecule has 0 saturated carbocycles. The quantitative estimate of drug-likeness (QED) is 0.743. The van der Waals surface area contributed by atoms with Crippen molar-refractivity contribution in [3.8, 4) is 0 Å². The first kappa shape index (κ1) is 12.0. The molecule has 94 valence electrons. The Hall–Kier alpha value is -1.43. The van der Waals surface area contributed by atoms with Crippen molar-refractivity contribution in [2.24, 2.45) is 0 Å². The molecule has 0 bridgehead atoms. The van der Waals surface area contributed by atoms with Crippen molar-refractivity contribution in [3.05, 3.63) is 23.8 Å². The van der Waals surface area contributed by atoms with Crippen molar-refractivity contribution in [2.75, 3.05) is 23.7 Å². The van der Waals surface area contributed by atoms with Gasteiger partial charge in [0.15, 0.2) is 0 Å². The summed E-state index contributed by atoms with van der Waals surface area (Å²) >= 11 is 0. The second kappa shape index (κ2) is 4.10. The molecule has 2 rings (SSSR count). The van der Waals surface area contributed by atoms with Crippen molar-refractivity contribution in [1.82, 2.24) is 0 Å². The first-order chi connectivity index (χ1) is 7.88. The fourth-order valence-electron chi connectivity index (χ4n) is 2.02. The van der Waals surface area contributed by atoms with Gasteiger partial charge in [0.05, 0.1) is 11.7 Å². The second-order valence-corrected chi connectivity index (χ2v) is 4.16. The van der Waals surface area contributed by atoms with Crippen LogP contribution in [0, 0.1) is 0 Å². The van der Waals surface area contributed by atoms with Gasteiger partial charge in [0.1, 0.15) is 0 Å². The maximum atomic E-state index is 12.8. The zero-order valence-electron chi connectivity index (χ0n) is 9.04. The van der Waals surface area contributed by atoms with E-state index < -0.39 is 17.8 Å². The average molecular weight is 246 g/mol. The molecule has 1 aliphatic heterocycles. The lowest BCUT2D eigenvalue weighted by atomic mass is 10.1.